The zero-order valence-corrected chi connectivity index (χ0v) is 10.5. The van der Waals surface area contributed by atoms with Gasteiger partial charge in [-0.15, -0.1) is 0 Å². The monoisotopic (exact) mass is 238 g/mol. The Morgan fingerprint density at radius 3 is 2.44 bits per heavy atom. The molecule has 16 heavy (non-hydrogen) atoms. The van der Waals surface area contributed by atoms with E-state index in [-0.39, 0.29) is 5.41 Å². The zero-order chi connectivity index (χ0) is 11.6. The van der Waals surface area contributed by atoms with Crippen LogP contribution >= 0.6 is 11.6 Å². The lowest BCUT2D eigenvalue weighted by molar-refractivity contribution is 0.00826. The number of hydrogen-bond donors (Lipinski definition) is 1. The van der Waals surface area contributed by atoms with Crippen molar-refractivity contribution in [3.8, 4) is 0 Å². The van der Waals surface area contributed by atoms with E-state index in [1.54, 1.807) is 0 Å². The maximum Gasteiger partial charge on any atom is 0.0857 e. The van der Waals surface area contributed by atoms with Crippen molar-refractivity contribution in [2.75, 3.05) is 0 Å². The molecule has 0 bridgehead atoms. The van der Waals surface area contributed by atoms with Crippen LogP contribution in [0.2, 0.25) is 5.02 Å². The van der Waals surface area contributed by atoms with Gasteiger partial charge in [0, 0.05) is 5.02 Å². The van der Waals surface area contributed by atoms with E-state index in [4.69, 9.17) is 11.6 Å². The Kier molecular flexibility index (Phi) is 3.56. The summed E-state index contributed by atoms with van der Waals surface area (Å²) in [5, 5.41) is 11.2. The van der Waals surface area contributed by atoms with E-state index in [0.717, 1.165) is 18.4 Å². The highest BCUT2D eigenvalue weighted by Gasteiger charge is 2.35. The van der Waals surface area contributed by atoms with Crippen molar-refractivity contribution in [3.63, 3.8) is 0 Å². The Balaban J connectivity index is 2.24. The lowest BCUT2D eigenvalue weighted by Crippen LogP contribution is -2.28. The van der Waals surface area contributed by atoms with Gasteiger partial charge in [0.05, 0.1) is 6.10 Å². The van der Waals surface area contributed by atoms with Crippen molar-refractivity contribution in [2.45, 2.75) is 45.1 Å². The van der Waals surface area contributed by atoms with Crippen LogP contribution in [0.3, 0.4) is 0 Å². The summed E-state index contributed by atoms with van der Waals surface area (Å²) in [5.41, 5.74) is 0.886. The third-order valence-corrected chi connectivity index (χ3v) is 4.20. The number of hydrogen-bond acceptors (Lipinski definition) is 1. The molecular weight excluding hydrogens is 220 g/mol. The second-order valence-electron chi connectivity index (χ2n) is 5.14. The van der Waals surface area contributed by atoms with E-state index >= 15 is 0 Å². The summed E-state index contributed by atoms with van der Waals surface area (Å²) in [6.07, 6.45) is 5.50. The Morgan fingerprint density at radius 2 is 1.81 bits per heavy atom. The molecule has 0 aliphatic heterocycles. The Hall–Kier alpha value is -0.530. The molecule has 1 N–H and O–H groups in total. The molecule has 88 valence electrons. The van der Waals surface area contributed by atoms with Crippen LogP contribution in [-0.4, -0.2) is 5.11 Å². The molecule has 1 aromatic carbocycles. The van der Waals surface area contributed by atoms with Crippen molar-refractivity contribution in [3.05, 3.63) is 34.9 Å². The number of halogens is 1. The number of aliphatic hydroxyl groups excluding tert-OH is 1. The zero-order valence-electron chi connectivity index (χ0n) is 9.75. The molecule has 1 unspecified atom stereocenters. The molecule has 1 atom stereocenters. The van der Waals surface area contributed by atoms with Gasteiger partial charge in [-0.2, -0.15) is 0 Å². The third kappa shape index (κ3) is 2.26. The highest BCUT2D eigenvalue weighted by atomic mass is 35.5. The van der Waals surface area contributed by atoms with E-state index in [2.05, 4.69) is 6.92 Å². The molecule has 1 saturated carbocycles. The molecule has 0 radical (unpaired) electrons. The minimum absolute atomic E-state index is 0.00322. The second kappa shape index (κ2) is 4.77. The summed E-state index contributed by atoms with van der Waals surface area (Å²) in [7, 11) is 0. The van der Waals surface area contributed by atoms with Gasteiger partial charge in [0.2, 0.25) is 0 Å². The minimum Gasteiger partial charge on any atom is -0.388 e. The molecule has 0 heterocycles. The van der Waals surface area contributed by atoms with Gasteiger partial charge in [-0.1, -0.05) is 56.0 Å². The van der Waals surface area contributed by atoms with Crippen LogP contribution in [0.25, 0.3) is 0 Å². The largest absolute Gasteiger partial charge is 0.388 e. The van der Waals surface area contributed by atoms with Gasteiger partial charge >= 0.3 is 0 Å². The quantitative estimate of drug-likeness (QED) is 0.813. The molecule has 2 heteroatoms. The Morgan fingerprint density at radius 1 is 1.19 bits per heavy atom. The van der Waals surface area contributed by atoms with Crippen LogP contribution in [0.5, 0.6) is 0 Å². The average molecular weight is 239 g/mol. The molecule has 0 spiro atoms. The molecule has 1 nitrogen and oxygen atoms in total. The molecule has 0 aromatic heterocycles. The first kappa shape index (κ1) is 11.9. The van der Waals surface area contributed by atoms with Crippen molar-refractivity contribution in [2.24, 2.45) is 5.41 Å². The van der Waals surface area contributed by atoms with Crippen LogP contribution in [0.1, 0.15) is 50.7 Å². The van der Waals surface area contributed by atoms with E-state index in [0.29, 0.717) is 5.02 Å². The first-order valence-electron chi connectivity index (χ1n) is 6.06. The highest BCUT2D eigenvalue weighted by molar-refractivity contribution is 6.31. The first-order valence-corrected chi connectivity index (χ1v) is 6.44. The maximum atomic E-state index is 10.5. The molecule has 1 fully saturated rings. The van der Waals surface area contributed by atoms with Crippen LogP contribution < -0.4 is 0 Å². The summed E-state index contributed by atoms with van der Waals surface area (Å²) in [6, 6.07) is 7.64. The number of benzene rings is 1. The van der Waals surface area contributed by atoms with Gasteiger partial charge in [-0.3, -0.25) is 0 Å². The fraction of sp³-hybridized carbons (Fsp3) is 0.571. The third-order valence-electron chi connectivity index (χ3n) is 3.86. The normalized spacial score (nSPS) is 21.7. The minimum atomic E-state index is -0.429. The predicted molar refractivity (Wildman–Crippen MR) is 67.6 cm³/mol. The fourth-order valence-corrected chi connectivity index (χ4v) is 2.94. The molecule has 0 amide bonds. The Bertz CT molecular complexity index is 356. The summed E-state index contributed by atoms with van der Waals surface area (Å²) in [4.78, 5) is 0. The topological polar surface area (TPSA) is 20.2 Å². The van der Waals surface area contributed by atoms with Crippen LogP contribution in [-0.2, 0) is 0 Å². The van der Waals surface area contributed by atoms with Gasteiger partial charge in [0.25, 0.3) is 0 Å². The van der Waals surface area contributed by atoms with Crippen LogP contribution in [0, 0.1) is 5.41 Å². The molecule has 1 aromatic rings. The average Bonchev–Trinajstić information content (AvgIpc) is 2.30. The smallest absolute Gasteiger partial charge is 0.0857 e. The molecule has 1 aliphatic rings. The summed E-state index contributed by atoms with van der Waals surface area (Å²) < 4.78 is 0. The van der Waals surface area contributed by atoms with Crippen molar-refractivity contribution in [1.82, 2.24) is 0 Å². The first-order chi connectivity index (χ1) is 7.63. The summed E-state index contributed by atoms with van der Waals surface area (Å²) in [5.74, 6) is 0. The fourth-order valence-electron chi connectivity index (χ4n) is 2.71. The van der Waals surface area contributed by atoms with E-state index in [9.17, 15) is 5.11 Å². The lowest BCUT2D eigenvalue weighted by Gasteiger charge is -2.38. The lowest BCUT2D eigenvalue weighted by atomic mass is 9.70. The number of aliphatic hydroxyl groups is 1. The van der Waals surface area contributed by atoms with E-state index in [1.807, 2.05) is 24.3 Å². The van der Waals surface area contributed by atoms with Gasteiger partial charge in [0.1, 0.15) is 0 Å². The maximum absolute atomic E-state index is 10.5. The summed E-state index contributed by atoms with van der Waals surface area (Å²) in [6.45, 7) is 2.18. The Labute approximate surface area is 102 Å². The SMILES string of the molecule is CC1(C(O)c2ccccc2Cl)CCCCC1. The second-order valence-corrected chi connectivity index (χ2v) is 5.55. The predicted octanol–water partition coefficient (Wildman–Crippen LogP) is 4.34. The van der Waals surface area contributed by atoms with Crippen LogP contribution in [0.15, 0.2) is 24.3 Å². The van der Waals surface area contributed by atoms with Gasteiger partial charge in [0.15, 0.2) is 0 Å². The molecule has 1 aliphatic carbocycles. The van der Waals surface area contributed by atoms with E-state index in [1.165, 1.54) is 19.3 Å². The van der Waals surface area contributed by atoms with Gasteiger partial charge < -0.3 is 5.11 Å². The molecular formula is C14H19ClO. The van der Waals surface area contributed by atoms with Crippen molar-refractivity contribution < 1.29 is 5.11 Å². The van der Waals surface area contributed by atoms with Crippen molar-refractivity contribution in [1.29, 1.82) is 0 Å². The number of rotatable bonds is 2. The summed E-state index contributed by atoms with van der Waals surface area (Å²) >= 11 is 6.14. The van der Waals surface area contributed by atoms with Crippen LogP contribution in [0.4, 0.5) is 0 Å². The van der Waals surface area contributed by atoms with Gasteiger partial charge in [-0.25, -0.2) is 0 Å². The highest BCUT2D eigenvalue weighted by Crippen LogP contribution is 2.46. The van der Waals surface area contributed by atoms with E-state index < -0.39 is 6.10 Å². The standard InChI is InChI=1S/C14H19ClO/c1-14(9-5-2-6-10-14)13(16)11-7-3-4-8-12(11)15/h3-4,7-8,13,16H,2,5-6,9-10H2,1H3. The molecule has 2 rings (SSSR count). The van der Waals surface area contributed by atoms with Gasteiger partial charge in [-0.05, 0) is 29.9 Å². The van der Waals surface area contributed by atoms with Crippen molar-refractivity contribution >= 4 is 11.6 Å². The molecule has 0 saturated heterocycles.